The van der Waals surface area contributed by atoms with Gasteiger partial charge in [0.1, 0.15) is 12.6 Å². The van der Waals surface area contributed by atoms with Gasteiger partial charge in [-0.3, -0.25) is 9.69 Å². The number of carbonyl (C=O) groups excluding carboxylic acids is 4. The van der Waals surface area contributed by atoms with Crippen LogP contribution in [0.1, 0.15) is 40.2 Å². The fourth-order valence-electron chi connectivity index (χ4n) is 5.03. The monoisotopic (exact) mass is 513 g/mol. The highest BCUT2D eigenvalue weighted by Gasteiger charge is 2.37. The minimum atomic E-state index is -0.843. The third-order valence-electron chi connectivity index (χ3n) is 6.89. The van der Waals surface area contributed by atoms with Gasteiger partial charge in [-0.25, -0.2) is 14.4 Å². The first-order valence-electron chi connectivity index (χ1n) is 12.5. The van der Waals surface area contributed by atoms with Gasteiger partial charge in [0.15, 0.2) is 19.0 Å². The van der Waals surface area contributed by atoms with Gasteiger partial charge in [-0.1, -0.05) is 78.9 Å². The predicted molar refractivity (Wildman–Crippen MR) is 137 cm³/mol. The van der Waals surface area contributed by atoms with Crippen LogP contribution in [0.3, 0.4) is 0 Å². The smallest absolute Gasteiger partial charge is 0.410 e. The quantitative estimate of drug-likeness (QED) is 0.251. The molecule has 2 aliphatic rings. The molecule has 1 heterocycles. The zero-order chi connectivity index (χ0) is 26.5. The number of ketones is 1. The van der Waals surface area contributed by atoms with Gasteiger partial charge < -0.3 is 14.2 Å². The molecule has 0 unspecified atom stereocenters. The second kappa shape index (κ2) is 11.3. The molecule has 0 spiro atoms. The topological polar surface area (TPSA) is 99.2 Å². The summed E-state index contributed by atoms with van der Waals surface area (Å²) in [5, 5.41) is 0. The highest BCUT2D eigenvalue weighted by Crippen LogP contribution is 2.44. The molecule has 3 aromatic carbocycles. The lowest BCUT2D eigenvalue weighted by Crippen LogP contribution is -2.42. The Bertz CT molecular complexity index is 1310. The number of likely N-dealkylation sites (tertiary alicyclic amines) is 1. The fraction of sp³-hybridized carbons (Fsp3) is 0.267. The van der Waals surface area contributed by atoms with Gasteiger partial charge in [-0.15, -0.1) is 0 Å². The molecular formula is C30H27NO7. The average Bonchev–Trinajstić information content (AvgIpc) is 3.57. The normalized spacial score (nSPS) is 15.9. The minimum Gasteiger partial charge on any atom is -0.455 e. The fourth-order valence-corrected chi connectivity index (χ4v) is 5.03. The lowest BCUT2D eigenvalue weighted by atomic mass is 9.98. The number of rotatable bonds is 8. The van der Waals surface area contributed by atoms with Crippen LogP contribution in [0.15, 0.2) is 78.9 Å². The van der Waals surface area contributed by atoms with E-state index in [-0.39, 0.29) is 18.3 Å². The highest BCUT2D eigenvalue weighted by molar-refractivity contribution is 5.98. The van der Waals surface area contributed by atoms with Crippen LogP contribution in [0, 0.1) is 0 Å². The van der Waals surface area contributed by atoms with Crippen LogP contribution in [0.2, 0.25) is 0 Å². The second-order valence-electron chi connectivity index (χ2n) is 9.21. The maximum absolute atomic E-state index is 13.0. The Hall–Kier alpha value is -4.46. The molecule has 8 nitrogen and oxygen atoms in total. The summed E-state index contributed by atoms with van der Waals surface area (Å²) >= 11 is 0. The molecule has 1 saturated heterocycles. The number of benzene rings is 3. The van der Waals surface area contributed by atoms with Gasteiger partial charge in [0, 0.05) is 18.0 Å². The SMILES string of the molecule is O=C(COC(=O)[C@@H]1CCCN1C(=O)OCC1c2ccccc2-c2ccccc21)OCC(=O)c1ccccc1. The zero-order valence-corrected chi connectivity index (χ0v) is 20.7. The van der Waals surface area contributed by atoms with Crippen molar-refractivity contribution in [2.45, 2.75) is 24.8 Å². The van der Waals surface area contributed by atoms with E-state index in [0.717, 1.165) is 22.3 Å². The predicted octanol–water partition coefficient (Wildman–Crippen LogP) is 4.37. The summed E-state index contributed by atoms with van der Waals surface area (Å²) in [4.78, 5) is 51.0. The summed E-state index contributed by atoms with van der Waals surface area (Å²) in [5.74, 6) is -1.99. The maximum atomic E-state index is 13.0. The van der Waals surface area contributed by atoms with Crippen LogP contribution < -0.4 is 0 Å². The molecule has 5 rings (SSSR count). The maximum Gasteiger partial charge on any atom is 0.410 e. The molecule has 8 heteroatoms. The molecule has 1 atom stereocenters. The van der Waals surface area contributed by atoms with Crippen LogP contribution in [0.25, 0.3) is 11.1 Å². The van der Waals surface area contributed by atoms with Crippen LogP contribution >= 0.6 is 0 Å². The Labute approximate surface area is 220 Å². The number of Topliss-reactive ketones (excluding diaryl/α,β-unsaturated/α-hetero) is 1. The Morgan fingerprint density at radius 2 is 1.37 bits per heavy atom. The highest BCUT2D eigenvalue weighted by atomic mass is 16.6. The number of ether oxygens (including phenoxy) is 3. The van der Waals surface area contributed by atoms with Crippen LogP contribution in [0.5, 0.6) is 0 Å². The standard InChI is InChI=1S/C30H27NO7/c32-27(20-9-2-1-3-10-20)18-36-28(33)19-37-29(34)26-15-8-16-31(26)30(35)38-17-25-23-13-6-4-11-21(23)22-12-5-7-14-24(22)25/h1-7,9-14,25-26H,8,15-19H2/t26-/m0/s1. The molecule has 0 bridgehead atoms. The summed E-state index contributed by atoms with van der Waals surface area (Å²) in [6, 6.07) is 23.7. The summed E-state index contributed by atoms with van der Waals surface area (Å²) in [5.41, 5.74) is 4.88. The number of hydrogen-bond acceptors (Lipinski definition) is 7. The number of fused-ring (bicyclic) bond motifs is 3. The van der Waals surface area contributed by atoms with Gasteiger partial charge in [-0.05, 0) is 35.1 Å². The largest absolute Gasteiger partial charge is 0.455 e. The third kappa shape index (κ3) is 5.29. The molecule has 1 aliphatic heterocycles. The van der Waals surface area contributed by atoms with Crippen molar-refractivity contribution in [1.82, 2.24) is 4.90 Å². The minimum absolute atomic E-state index is 0.0901. The first kappa shape index (κ1) is 25.2. The van der Waals surface area contributed by atoms with Gasteiger partial charge in [0.2, 0.25) is 0 Å². The Balaban J connectivity index is 1.12. The second-order valence-corrected chi connectivity index (χ2v) is 9.21. The average molecular weight is 514 g/mol. The van der Waals surface area contributed by atoms with Crippen molar-refractivity contribution >= 4 is 23.8 Å². The van der Waals surface area contributed by atoms with Crippen LogP contribution in [-0.4, -0.2) is 61.1 Å². The molecule has 1 amide bonds. The molecule has 38 heavy (non-hydrogen) atoms. The number of nitrogens with zero attached hydrogens (tertiary/aromatic N) is 1. The van der Waals surface area contributed by atoms with Crippen molar-refractivity contribution in [3.05, 3.63) is 95.6 Å². The molecule has 0 aromatic heterocycles. The molecular weight excluding hydrogens is 486 g/mol. The van der Waals surface area contributed by atoms with Crippen molar-refractivity contribution in [2.75, 3.05) is 26.4 Å². The molecule has 3 aromatic rings. The zero-order valence-electron chi connectivity index (χ0n) is 20.7. The van der Waals surface area contributed by atoms with Gasteiger partial charge in [0.05, 0.1) is 0 Å². The van der Waals surface area contributed by atoms with Gasteiger partial charge >= 0.3 is 18.0 Å². The molecule has 0 radical (unpaired) electrons. The Kier molecular flexibility index (Phi) is 7.49. The van der Waals surface area contributed by atoms with Crippen LogP contribution in [0.4, 0.5) is 4.79 Å². The lowest BCUT2D eigenvalue weighted by molar-refractivity contribution is -0.160. The Morgan fingerprint density at radius 3 is 2.05 bits per heavy atom. The van der Waals surface area contributed by atoms with E-state index in [1.54, 1.807) is 30.3 Å². The van der Waals surface area contributed by atoms with Gasteiger partial charge in [-0.2, -0.15) is 0 Å². The van der Waals surface area contributed by atoms with Crippen molar-refractivity contribution in [1.29, 1.82) is 0 Å². The summed E-state index contributed by atoms with van der Waals surface area (Å²) in [6.45, 7) is -0.592. The van der Waals surface area contributed by atoms with E-state index in [1.807, 2.05) is 36.4 Å². The van der Waals surface area contributed by atoms with E-state index in [9.17, 15) is 19.2 Å². The van der Waals surface area contributed by atoms with Crippen molar-refractivity contribution in [2.24, 2.45) is 0 Å². The van der Waals surface area contributed by atoms with E-state index >= 15 is 0 Å². The molecule has 0 N–H and O–H groups in total. The van der Waals surface area contributed by atoms with Gasteiger partial charge in [0.25, 0.3) is 0 Å². The Morgan fingerprint density at radius 1 is 0.737 bits per heavy atom. The summed E-state index contributed by atoms with van der Waals surface area (Å²) in [6.07, 6.45) is 0.423. The molecule has 0 saturated carbocycles. The van der Waals surface area contributed by atoms with E-state index in [1.165, 1.54) is 4.90 Å². The first-order valence-corrected chi connectivity index (χ1v) is 12.5. The number of hydrogen-bond donors (Lipinski definition) is 0. The van der Waals surface area contributed by atoms with Crippen molar-refractivity contribution in [3.63, 3.8) is 0 Å². The lowest BCUT2D eigenvalue weighted by Gasteiger charge is -2.23. The number of esters is 2. The van der Waals surface area contributed by atoms with Crippen LogP contribution in [-0.2, 0) is 23.8 Å². The van der Waals surface area contributed by atoms with Crippen molar-refractivity contribution in [3.8, 4) is 11.1 Å². The number of amides is 1. The first-order chi connectivity index (χ1) is 18.5. The van der Waals surface area contributed by atoms with Crippen molar-refractivity contribution < 1.29 is 33.4 Å². The molecule has 1 aliphatic carbocycles. The third-order valence-corrected chi connectivity index (χ3v) is 6.89. The van der Waals surface area contributed by atoms with E-state index in [2.05, 4.69) is 12.1 Å². The number of carbonyl (C=O) groups is 4. The van der Waals surface area contributed by atoms with E-state index in [0.29, 0.717) is 24.9 Å². The van der Waals surface area contributed by atoms with E-state index in [4.69, 9.17) is 14.2 Å². The molecule has 194 valence electrons. The summed E-state index contributed by atoms with van der Waals surface area (Å²) in [7, 11) is 0. The summed E-state index contributed by atoms with van der Waals surface area (Å²) < 4.78 is 15.7. The van der Waals surface area contributed by atoms with E-state index < -0.39 is 37.3 Å². The molecule has 1 fully saturated rings.